The number of aromatic amines is 1. The van der Waals surface area contributed by atoms with Gasteiger partial charge in [-0.15, -0.1) is 0 Å². The number of H-pyrrole nitrogens is 1. The van der Waals surface area contributed by atoms with Crippen LogP contribution in [0.3, 0.4) is 0 Å². The third-order valence-corrected chi connectivity index (χ3v) is 4.80. The van der Waals surface area contributed by atoms with Crippen molar-refractivity contribution in [3.63, 3.8) is 0 Å². The number of hydrogen-bond acceptors (Lipinski definition) is 4. The van der Waals surface area contributed by atoms with Crippen molar-refractivity contribution in [2.24, 2.45) is 5.73 Å². The average Bonchev–Trinajstić information content (AvgIpc) is 3.20. The standard InChI is InChI=1S/C22H17F2N5O2/c23-14-5-4-13(16(24)11-14)10-18(20(25)30)28-22(31)15-2-1-3-17-19(15)29-21(27-17)12-6-8-26-9-7-12/h1-9,11,18H,10H2,(H2,25,30)(H,27,29)(H,28,31). The summed E-state index contributed by atoms with van der Waals surface area (Å²) in [6.45, 7) is 0. The smallest absolute Gasteiger partial charge is 0.254 e. The van der Waals surface area contributed by atoms with Crippen molar-refractivity contribution in [3.05, 3.63) is 83.7 Å². The number of hydrogen-bond donors (Lipinski definition) is 3. The fourth-order valence-corrected chi connectivity index (χ4v) is 3.23. The summed E-state index contributed by atoms with van der Waals surface area (Å²) >= 11 is 0. The first-order valence-electron chi connectivity index (χ1n) is 9.35. The summed E-state index contributed by atoms with van der Waals surface area (Å²) < 4.78 is 27.1. The van der Waals surface area contributed by atoms with Crippen molar-refractivity contribution in [3.8, 4) is 11.4 Å². The summed E-state index contributed by atoms with van der Waals surface area (Å²) in [6, 6.07) is 10.3. The Balaban J connectivity index is 1.62. The minimum Gasteiger partial charge on any atom is -0.368 e. The number of amides is 2. The molecular weight excluding hydrogens is 404 g/mol. The molecule has 0 bridgehead atoms. The molecule has 7 nitrogen and oxygen atoms in total. The molecule has 0 saturated heterocycles. The van der Waals surface area contributed by atoms with Gasteiger partial charge >= 0.3 is 0 Å². The molecule has 0 aliphatic rings. The van der Waals surface area contributed by atoms with Gasteiger partial charge in [-0.3, -0.25) is 14.6 Å². The lowest BCUT2D eigenvalue weighted by molar-refractivity contribution is -0.119. The van der Waals surface area contributed by atoms with E-state index in [0.717, 1.165) is 11.6 Å². The fraction of sp³-hybridized carbons (Fsp3) is 0.0909. The predicted octanol–water partition coefficient (Wildman–Crippen LogP) is 2.73. The number of halogens is 2. The van der Waals surface area contributed by atoms with Crippen molar-refractivity contribution in [2.75, 3.05) is 0 Å². The van der Waals surface area contributed by atoms with Crippen molar-refractivity contribution in [1.29, 1.82) is 0 Å². The summed E-state index contributed by atoms with van der Waals surface area (Å²) in [4.78, 5) is 36.4. The van der Waals surface area contributed by atoms with E-state index in [9.17, 15) is 18.4 Å². The van der Waals surface area contributed by atoms with Gasteiger partial charge in [0.05, 0.1) is 11.1 Å². The van der Waals surface area contributed by atoms with Crippen LogP contribution >= 0.6 is 0 Å². The highest BCUT2D eigenvalue weighted by Gasteiger charge is 2.23. The molecule has 0 aliphatic carbocycles. The number of nitrogens with zero attached hydrogens (tertiary/aromatic N) is 2. The minimum atomic E-state index is -1.19. The summed E-state index contributed by atoms with van der Waals surface area (Å²) in [6.07, 6.45) is 3.04. The van der Waals surface area contributed by atoms with E-state index >= 15 is 0 Å². The Kier molecular flexibility index (Phi) is 5.40. The Morgan fingerprint density at radius 1 is 1.10 bits per heavy atom. The number of nitrogens with two attached hydrogens (primary N) is 1. The van der Waals surface area contributed by atoms with Crippen LogP contribution in [-0.2, 0) is 11.2 Å². The zero-order valence-electron chi connectivity index (χ0n) is 16.1. The highest BCUT2D eigenvalue weighted by molar-refractivity contribution is 6.06. The van der Waals surface area contributed by atoms with Crippen molar-refractivity contribution in [1.82, 2.24) is 20.3 Å². The number of fused-ring (bicyclic) bond motifs is 1. The highest BCUT2D eigenvalue weighted by Crippen LogP contribution is 2.22. The van der Waals surface area contributed by atoms with Crippen LogP contribution in [0, 0.1) is 11.6 Å². The van der Waals surface area contributed by atoms with E-state index in [-0.39, 0.29) is 17.5 Å². The molecule has 4 N–H and O–H groups in total. The molecule has 0 spiro atoms. The minimum absolute atomic E-state index is 0.0588. The Labute approximate surface area is 175 Å². The zero-order chi connectivity index (χ0) is 22.0. The van der Waals surface area contributed by atoms with Gasteiger partial charge in [0, 0.05) is 30.4 Å². The van der Waals surface area contributed by atoms with E-state index in [1.165, 1.54) is 6.07 Å². The molecule has 0 fully saturated rings. The first kappa shape index (κ1) is 20.1. The number of rotatable bonds is 6. The maximum atomic E-state index is 14.0. The molecule has 1 atom stereocenters. The van der Waals surface area contributed by atoms with Crippen molar-refractivity contribution < 1.29 is 18.4 Å². The second kappa shape index (κ2) is 8.31. The second-order valence-electron chi connectivity index (χ2n) is 6.89. The van der Waals surface area contributed by atoms with E-state index in [1.807, 2.05) is 0 Å². The molecule has 0 saturated carbocycles. The lowest BCUT2D eigenvalue weighted by Gasteiger charge is -2.16. The lowest BCUT2D eigenvalue weighted by atomic mass is 10.0. The van der Waals surface area contributed by atoms with E-state index in [1.54, 1.807) is 42.7 Å². The number of aromatic nitrogens is 3. The molecule has 2 aromatic heterocycles. The Hall–Kier alpha value is -4.14. The van der Waals surface area contributed by atoms with Gasteiger partial charge in [-0.2, -0.15) is 0 Å². The zero-order valence-corrected chi connectivity index (χ0v) is 16.1. The monoisotopic (exact) mass is 421 g/mol. The van der Waals surface area contributed by atoms with Gasteiger partial charge in [0.2, 0.25) is 5.91 Å². The maximum absolute atomic E-state index is 14.0. The van der Waals surface area contributed by atoms with E-state index in [0.29, 0.717) is 22.9 Å². The summed E-state index contributed by atoms with van der Waals surface area (Å²) in [5.41, 5.74) is 7.51. The largest absolute Gasteiger partial charge is 0.368 e. The third-order valence-electron chi connectivity index (χ3n) is 4.80. The number of para-hydroxylation sites is 1. The molecule has 2 aromatic carbocycles. The first-order valence-corrected chi connectivity index (χ1v) is 9.35. The Morgan fingerprint density at radius 3 is 2.58 bits per heavy atom. The molecule has 0 radical (unpaired) electrons. The van der Waals surface area contributed by atoms with Crippen LogP contribution in [0.15, 0.2) is 60.9 Å². The normalized spacial score (nSPS) is 11.9. The number of pyridine rings is 1. The van der Waals surface area contributed by atoms with Gasteiger partial charge in [-0.05, 0) is 35.9 Å². The second-order valence-corrected chi connectivity index (χ2v) is 6.89. The molecule has 31 heavy (non-hydrogen) atoms. The summed E-state index contributed by atoms with van der Waals surface area (Å²) in [7, 11) is 0. The molecule has 4 rings (SSSR count). The van der Waals surface area contributed by atoms with Gasteiger partial charge in [-0.1, -0.05) is 12.1 Å². The summed E-state index contributed by atoms with van der Waals surface area (Å²) in [5.74, 6) is -2.45. The third kappa shape index (κ3) is 4.25. The van der Waals surface area contributed by atoms with Gasteiger partial charge < -0.3 is 16.0 Å². The van der Waals surface area contributed by atoms with Crippen LogP contribution in [0.4, 0.5) is 8.78 Å². The number of carbonyl (C=O) groups excluding carboxylic acids is 2. The van der Waals surface area contributed by atoms with Crippen molar-refractivity contribution >= 4 is 22.8 Å². The molecule has 156 valence electrons. The molecule has 0 aliphatic heterocycles. The molecular formula is C22H17F2N5O2. The number of primary amides is 1. The number of nitrogens with one attached hydrogen (secondary N) is 2. The topological polar surface area (TPSA) is 114 Å². The van der Waals surface area contributed by atoms with Gasteiger partial charge in [0.15, 0.2) is 0 Å². The van der Waals surface area contributed by atoms with Gasteiger partial charge in [-0.25, -0.2) is 13.8 Å². The molecule has 9 heteroatoms. The number of imidazole rings is 1. The molecule has 2 amide bonds. The van der Waals surface area contributed by atoms with Gasteiger partial charge in [0.25, 0.3) is 5.91 Å². The Bertz CT molecular complexity index is 1270. The van der Waals surface area contributed by atoms with Crippen LogP contribution in [0.25, 0.3) is 22.4 Å². The predicted molar refractivity (Wildman–Crippen MR) is 110 cm³/mol. The van der Waals surface area contributed by atoms with Crippen LogP contribution in [-0.4, -0.2) is 32.8 Å². The quantitative estimate of drug-likeness (QED) is 0.444. The maximum Gasteiger partial charge on any atom is 0.254 e. The van der Waals surface area contributed by atoms with Crippen molar-refractivity contribution in [2.45, 2.75) is 12.5 Å². The molecule has 1 unspecified atom stereocenters. The van der Waals surface area contributed by atoms with E-state index in [2.05, 4.69) is 20.3 Å². The van der Waals surface area contributed by atoms with Crippen LogP contribution in [0.1, 0.15) is 15.9 Å². The van der Waals surface area contributed by atoms with E-state index < -0.39 is 29.5 Å². The van der Waals surface area contributed by atoms with Crippen LogP contribution in [0.2, 0.25) is 0 Å². The summed E-state index contributed by atoms with van der Waals surface area (Å²) in [5, 5.41) is 2.53. The SMILES string of the molecule is NC(=O)C(Cc1ccc(F)cc1F)NC(=O)c1cccc2[nH]c(-c3ccncc3)nc12. The highest BCUT2D eigenvalue weighted by atomic mass is 19.1. The van der Waals surface area contributed by atoms with Crippen LogP contribution < -0.4 is 11.1 Å². The first-order chi connectivity index (χ1) is 14.9. The lowest BCUT2D eigenvalue weighted by Crippen LogP contribution is -2.46. The van der Waals surface area contributed by atoms with Gasteiger partial charge in [0.1, 0.15) is 29.0 Å². The molecule has 2 heterocycles. The Morgan fingerprint density at radius 2 is 1.87 bits per heavy atom. The average molecular weight is 421 g/mol. The molecule has 4 aromatic rings. The number of benzene rings is 2. The van der Waals surface area contributed by atoms with Crippen LogP contribution in [0.5, 0.6) is 0 Å². The van der Waals surface area contributed by atoms with E-state index in [4.69, 9.17) is 5.73 Å². The fourth-order valence-electron chi connectivity index (χ4n) is 3.23. The number of carbonyl (C=O) groups is 2.